The van der Waals surface area contributed by atoms with Crippen LogP contribution in [0.15, 0.2) is 95.3 Å². The molecular formula is C31H23BrFNO. The third kappa shape index (κ3) is 4.02. The van der Waals surface area contributed by atoms with Crippen LogP contribution in [-0.4, -0.2) is 5.78 Å². The van der Waals surface area contributed by atoms with Gasteiger partial charge in [-0.1, -0.05) is 58.4 Å². The molecule has 1 aliphatic heterocycles. The molecule has 3 aromatic rings. The molecule has 0 aromatic heterocycles. The first-order valence-corrected chi connectivity index (χ1v) is 12.6. The second-order valence-corrected chi connectivity index (χ2v) is 10.1. The summed E-state index contributed by atoms with van der Waals surface area (Å²) in [5, 5.41) is 5.75. The Balaban J connectivity index is 1.53. The number of ketones is 1. The Morgan fingerprint density at radius 2 is 1.77 bits per heavy atom. The van der Waals surface area contributed by atoms with E-state index in [9.17, 15) is 9.18 Å². The standard InChI is InChI=1S/C31H23BrFNO/c32-22-8-12-24-20(16-22)7-11-26-25(24)13-14-27-28(26)17-21(31(35)19-5-9-23(33)10-6-19)18-29(27)30-4-2-1-3-15-34-30/h1-6,8-17,21,29,34H,7,18H2. The van der Waals surface area contributed by atoms with E-state index >= 15 is 0 Å². The van der Waals surface area contributed by atoms with Crippen LogP contribution < -0.4 is 15.8 Å². The van der Waals surface area contributed by atoms with E-state index in [1.807, 2.05) is 24.4 Å². The van der Waals surface area contributed by atoms with Gasteiger partial charge < -0.3 is 5.32 Å². The average molecular weight is 524 g/mol. The van der Waals surface area contributed by atoms with E-state index < -0.39 is 0 Å². The fraction of sp³-hybridized carbons (Fsp3) is 0.129. The third-order valence-corrected chi connectivity index (χ3v) is 7.62. The minimum absolute atomic E-state index is 0.0266. The summed E-state index contributed by atoms with van der Waals surface area (Å²) in [6, 6.07) is 16.8. The van der Waals surface area contributed by atoms with E-state index in [1.165, 1.54) is 39.6 Å². The Hall–Kier alpha value is -3.50. The van der Waals surface area contributed by atoms with Crippen molar-refractivity contribution in [3.8, 4) is 11.1 Å². The largest absolute Gasteiger partial charge is 0.364 e. The van der Waals surface area contributed by atoms with Crippen LogP contribution in [0.1, 0.15) is 33.8 Å². The molecule has 6 rings (SSSR count). The van der Waals surface area contributed by atoms with Gasteiger partial charge >= 0.3 is 0 Å². The first-order chi connectivity index (χ1) is 17.1. The molecule has 4 heteroatoms. The number of halogens is 2. The van der Waals surface area contributed by atoms with Crippen molar-refractivity contribution < 1.29 is 9.18 Å². The molecule has 2 nitrogen and oxygen atoms in total. The van der Waals surface area contributed by atoms with Gasteiger partial charge in [0.25, 0.3) is 0 Å². The summed E-state index contributed by atoms with van der Waals surface area (Å²) >= 11 is 3.59. The second-order valence-electron chi connectivity index (χ2n) is 9.18. The maximum absolute atomic E-state index is 13.6. The van der Waals surface area contributed by atoms with Crippen LogP contribution >= 0.6 is 15.9 Å². The van der Waals surface area contributed by atoms with Crippen LogP contribution in [0.25, 0.3) is 23.3 Å². The first-order valence-electron chi connectivity index (χ1n) is 11.8. The van der Waals surface area contributed by atoms with Gasteiger partial charge in [-0.05, 0) is 94.1 Å². The summed E-state index contributed by atoms with van der Waals surface area (Å²) in [6.07, 6.45) is 15.9. The Morgan fingerprint density at radius 1 is 0.943 bits per heavy atom. The topological polar surface area (TPSA) is 29.1 Å². The van der Waals surface area contributed by atoms with Gasteiger partial charge in [0.15, 0.2) is 5.78 Å². The molecule has 1 N–H and O–H groups in total. The highest BCUT2D eigenvalue weighted by Gasteiger charge is 2.31. The van der Waals surface area contributed by atoms with Crippen molar-refractivity contribution in [2.24, 2.45) is 5.92 Å². The van der Waals surface area contributed by atoms with Crippen LogP contribution in [0.5, 0.6) is 0 Å². The zero-order chi connectivity index (χ0) is 23.9. The van der Waals surface area contributed by atoms with Crippen LogP contribution in [0.4, 0.5) is 4.39 Å². The summed E-state index contributed by atoms with van der Waals surface area (Å²) in [5.41, 5.74) is 6.57. The van der Waals surface area contributed by atoms with Crippen molar-refractivity contribution in [1.82, 2.24) is 5.32 Å². The molecule has 0 spiro atoms. The average Bonchev–Trinajstić information content (AvgIpc) is 3.17. The minimum atomic E-state index is -0.335. The number of carbonyl (C=O) groups is 1. The molecule has 2 atom stereocenters. The lowest BCUT2D eigenvalue weighted by Crippen LogP contribution is -2.39. The van der Waals surface area contributed by atoms with Gasteiger partial charge in [-0.3, -0.25) is 4.79 Å². The van der Waals surface area contributed by atoms with Crippen molar-refractivity contribution in [1.29, 1.82) is 0 Å². The molecule has 0 amide bonds. The van der Waals surface area contributed by atoms with Crippen molar-refractivity contribution in [3.05, 3.63) is 128 Å². The highest BCUT2D eigenvalue weighted by Crippen LogP contribution is 2.35. The highest BCUT2D eigenvalue weighted by atomic mass is 79.9. The maximum atomic E-state index is 13.6. The fourth-order valence-corrected chi connectivity index (χ4v) is 5.86. The lowest BCUT2D eigenvalue weighted by atomic mass is 9.75. The Kier molecular flexibility index (Phi) is 5.62. The lowest BCUT2D eigenvalue weighted by Gasteiger charge is -2.30. The Bertz CT molecular complexity index is 1560. The number of hydrogen-bond acceptors (Lipinski definition) is 2. The number of rotatable bonds is 3. The van der Waals surface area contributed by atoms with E-state index in [1.54, 1.807) is 12.1 Å². The lowest BCUT2D eigenvalue weighted by molar-refractivity contribution is 0.0943. The monoisotopic (exact) mass is 523 g/mol. The van der Waals surface area contributed by atoms with E-state index in [2.05, 4.69) is 69.8 Å². The molecule has 35 heavy (non-hydrogen) atoms. The summed E-state index contributed by atoms with van der Waals surface area (Å²) < 4.78 is 14.6. The number of carbonyl (C=O) groups excluding carboxylic acids is 1. The summed E-state index contributed by atoms with van der Waals surface area (Å²) in [4.78, 5) is 13.6. The Labute approximate surface area is 212 Å². The quantitative estimate of drug-likeness (QED) is 0.432. The van der Waals surface area contributed by atoms with Crippen molar-refractivity contribution in [2.45, 2.75) is 18.8 Å². The van der Waals surface area contributed by atoms with Crippen LogP contribution in [0, 0.1) is 11.7 Å². The van der Waals surface area contributed by atoms with Gasteiger partial charge in [-0.2, -0.15) is 0 Å². The number of allylic oxidation sites excluding steroid dienone is 5. The second kappa shape index (κ2) is 8.94. The van der Waals surface area contributed by atoms with Gasteiger partial charge in [-0.25, -0.2) is 4.39 Å². The number of fused-ring (bicyclic) bond motifs is 5. The molecule has 0 saturated carbocycles. The van der Waals surface area contributed by atoms with Gasteiger partial charge in [0.2, 0.25) is 0 Å². The third-order valence-electron chi connectivity index (χ3n) is 7.12. The van der Waals surface area contributed by atoms with E-state index in [-0.39, 0.29) is 23.4 Å². The molecule has 0 fully saturated rings. The smallest absolute Gasteiger partial charge is 0.169 e. The summed E-state index contributed by atoms with van der Waals surface area (Å²) in [7, 11) is 0. The number of benzene rings is 3. The molecule has 1 heterocycles. The van der Waals surface area contributed by atoms with E-state index in [0.717, 1.165) is 21.8 Å². The predicted molar refractivity (Wildman–Crippen MR) is 143 cm³/mol. The molecular weight excluding hydrogens is 501 g/mol. The maximum Gasteiger partial charge on any atom is 0.169 e. The molecule has 172 valence electrons. The zero-order valence-corrected chi connectivity index (χ0v) is 20.6. The van der Waals surface area contributed by atoms with E-state index in [4.69, 9.17) is 0 Å². The van der Waals surface area contributed by atoms with Crippen LogP contribution in [0.2, 0.25) is 0 Å². The van der Waals surface area contributed by atoms with Crippen molar-refractivity contribution in [2.75, 3.05) is 0 Å². The van der Waals surface area contributed by atoms with Crippen molar-refractivity contribution >= 4 is 33.9 Å². The van der Waals surface area contributed by atoms with Gasteiger partial charge in [-0.15, -0.1) is 0 Å². The minimum Gasteiger partial charge on any atom is -0.364 e. The number of nitrogens with one attached hydrogen (secondary N) is 1. The summed E-state index contributed by atoms with van der Waals surface area (Å²) in [5.74, 6) is -0.568. The Morgan fingerprint density at radius 3 is 2.63 bits per heavy atom. The SMILES string of the molecule is O=C(c1ccc(F)cc1)C1C=c2c(ccc3c2=CCc2cc(Br)ccc2-3)C(C2=CC=CC=CN2)C1. The highest BCUT2D eigenvalue weighted by molar-refractivity contribution is 9.10. The van der Waals surface area contributed by atoms with E-state index in [0.29, 0.717) is 12.0 Å². The fourth-order valence-electron chi connectivity index (χ4n) is 5.45. The molecule has 2 aliphatic carbocycles. The number of hydrogen-bond donors (Lipinski definition) is 1. The molecule has 2 unspecified atom stereocenters. The predicted octanol–water partition coefficient (Wildman–Crippen LogP) is 5.92. The van der Waals surface area contributed by atoms with Crippen LogP contribution in [-0.2, 0) is 6.42 Å². The number of Topliss-reactive ketones (excluding diaryl/α,β-unsaturated/α-hetero) is 1. The van der Waals surface area contributed by atoms with Crippen LogP contribution in [0.3, 0.4) is 0 Å². The van der Waals surface area contributed by atoms with Gasteiger partial charge in [0.05, 0.1) is 0 Å². The molecule has 0 bridgehead atoms. The first kappa shape index (κ1) is 22.0. The molecule has 0 saturated heterocycles. The summed E-state index contributed by atoms with van der Waals surface area (Å²) in [6.45, 7) is 0. The molecule has 0 radical (unpaired) electrons. The van der Waals surface area contributed by atoms with Crippen molar-refractivity contribution in [3.63, 3.8) is 0 Å². The zero-order valence-electron chi connectivity index (χ0n) is 19.0. The van der Waals surface area contributed by atoms with Gasteiger partial charge in [0, 0.05) is 33.8 Å². The molecule has 3 aliphatic rings. The normalized spacial score (nSPS) is 19.7. The molecule has 3 aromatic carbocycles. The van der Waals surface area contributed by atoms with Gasteiger partial charge in [0.1, 0.15) is 5.82 Å².